The Labute approximate surface area is 549 Å². The molecule has 0 bridgehead atoms. The molecule has 489 valence electrons. The average molecular weight is 1470 g/mol. The molecule has 3 aromatic heterocycles. The Morgan fingerprint density at radius 2 is 1.53 bits per heavy atom. The first-order chi connectivity index (χ1) is 41.4. The van der Waals surface area contributed by atoms with E-state index >= 15 is 4.79 Å². The number of hydrogen-bond donors (Lipinski definition) is 2. The van der Waals surface area contributed by atoms with Gasteiger partial charge in [0.25, 0.3) is 17.9 Å². The standard InChI is InChI=1S/C47H60F4N6O.C11H10F4N2O.C6H13.C2H6B.C2H6.CH3.U/c1-6-8-33-10-11-40(30(5)41(33)37(52)9-7-2)57-44(36(29(3)4)26-31-24-34(48)27-35(49)25-31)55-43-42(45(57)58)39(28-38(54-43)32-12-14-47(50,51)15-13-32)53-20-23-56-21-18-46(16-17-46)19-22-56;1-4(18)3-17-9-7(8(16-17)10(12)13)5-2-6(5)11(9,14)15;1-3-5-6-4-2;1-3-2;1-2;;/h10-11,24-25,27-29,32,36,52H,6-9,12-23,26H2,1-5H3,(H,53,54);5-6,10H,2-3H2,1H3;1,3-6H2,2H3;1-2H3;1-2H3;1H3;/q;;-1;;;-1;+2. The second-order valence-corrected chi connectivity index (χ2v) is 24.9. The summed E-state index contributed by atoms with van der Waals surface area (Å²) in [6, 6.07) is 9.33. The van der Waals surface area contributed by atoms with E-state index in [4.69, 9.17) is 15.4 Å². The van der Waals surface area contributed by atoms with Crippen molar-refractivity contribution in [3.8, 4) is 5.69 Å². The number of carbonyl (C=O) groups is 1. The quantitative estimate of drug-likeness (QED) is 0.0247. The van der Waals surface area contributed by atoms with E-state index in [1.54, 1.807) is 4.57 Å². The number of alkyl halides is 6. The Morgan fingerprint density at radius 3 is 2.06 bits per heavy atom. The maximum atomic E-state index is 15.5. The molecule has 89 heavy (non-hydrogen) atoms. The van der Waals surface area contributed by atoms with Crippen LogP contribution in [0.5, 0.6) is 0 Å². The Kier molecular flexibility index (Phi) is 29.9. The number of nitrogens with one attached hydrogen (secondary N) is 2. The summed E-state index contributed by atoms with van der Waals surface area (Å²) in [5.41, 5.74) is 4.84. The van der Waals surface area contributed by atoms with Crippen LogP contribution in [0.4, 0.5) is 40.8 Å². The molecule has 1 spiro atoms. The molecule has 1 aliphatic heterocycles. The number of carbonyl (C=O) groups excluding carboxylic acids is 1. The van der Waals surface area contributed by atoms with Crippen molar-refractivity contribution in [3.63, 3.8) is 0 Å². The van der Waals surface area contributed by atoms with Crippen molar-refractivity contribution in [1.82, 2.24) is 29.2 Å². The third kappa shape index (κ3) is 19.1. The van der Waals surface area contributed by atoms with Crippen LogP contribution in [0.2, 0.25) is 13.6 Å². The molecule has 20 heteroatoms. The molecule has 1 radical (unpaired) electrons. The minimum atomic E-state index is -3.14. The number of pyridine rings is 1. The van der Waals surface area contributed by atoms with Crippen LogP contribution in [0.1, 0.15) is 233 Å². The zero-order valence-corrected chi connectivity index (χ0v) is 59.2. The van der Waals surface area contributed by atoms with Crippen LogP contribution in [0.25, 0.3) is 16.7 Å². The predicted octanol–water partition coefficient (Wildman–Crippen LogP) is 18.3. The number of halogens is 8. The fourth-order valence-corrected chi connectivity index (χ4v) is 12.8. The molecule has 4 aliphatic carbocycles. The van der Waals surface area contributed by atoms with Crippen LogP contribution in [0.15, 0.2) is 41.2 Å². The van der Waals surface area contributed by atoms with Gasteiger partial charge in [-0.05, 0) is 149 Å². The fourth-order valence-electron chi connectivity index (χ4n) is 12.8. The molecule has 3 atom stereocenters. The normalized spacial score (nSPS) is 18.4. The van der Waals surface area contributed by atoms with Gasteiger partial charge in [0.1, 0.15) is 41.5 Å². The molecule has 5 aromatic rings. The van der Waals surface area contributed by atoms with Crippen molar-refractivity contribution in [3.05, 3.63) is 123 Å². The van der Waals surface area contributed by atoms with Gasteiger partial charge in [-0.25, -0.2) is 36.3 Å². The van der Waals surface area contributed by atoms with Crippen LogP contribution < -0.4 is 10.9 Å². The van der Waals surface area contributed by atoms with Gasteiger partial charge in [0.15, 0.2) is 11.4 Å². The smallest absolute Gasteiger partial charge is 0.383 e. The number of benzene rings is 2. The van der Waals surface area contributed by atoms with Crippen molar-refractivity contribution in [2.24, 2.45) is 17.3 Å². The number of aryl methyl sites for hydroxylation is 1. The number of unbranched alkanes of at least 4 members (excludes halogenated alkanes) is 3. The third-order valence-corrected chi connectivity index (χ3v) is 17.6. The molecule has 1 saturated heterocycles. The number of nitrogens with zero attached hydrogens (tertiary/aromatic N) is 6. The van der Waals surface area contributed by atoms with Crippen LogP contribution >= 0.6 is 0 Å². The van der Waals surface area contributed by atoms with Gasteiger partial charge < -0.3 is 30.0 Å². The summed E-state index contributed by atoms with van der Waals surface area (Å²) in [5, 5.41) is 16.6. The molecule has 2 aromatic carbocycles. The summed E-state index contributed by atoms with van der Waals surface area (Å²) in [7, 11) is 2.00. The van der Waals surface area contributed by atoms with Gasteiger partial charge in [-0.3, -0.25) is 18.8 Å². The van der Waals surface area contributed by atoms with E-state index < -0.39 is 64.8 Å². The number of rotatable bonds is 21. The Morgan fingerprint density at radius 1 is 0.899 bits per heavy atom. The van der Waals surface area contributed by atoms with Crippen molar-refractivity contribution in [2.45, 2.75) is 234 Å². The molecule has 2 N–H and O–H groups in total. The Bertz CT molecular complexity index is 3140. The number of piperidine rings is 1. The van der Waals surface area contributed by atoms with Crippen molar-refractivity contribution in [1.29, 1.82) is 5.41 Å². The van der Waals surface area contributed by atoms with Crippen molar-refractivity contribution >= 4 is 35.5 Å². The predicted molar refractivity (Wildman–Crippen MR) is 343 cm³/mol. The third-order valence-electron chi connectivity index (χ3n) is 17.6. The summed E-state index contributed by atoms with van der Waals surface area (Å²) < 4.78 is 114. The van der Waals surface area contributed by atoms with Crippen LogP contribution in [0, 0.1) is 86.7 Å². The molecule has 3 saturated carbocycles. The number of fused-ring (bicyclic) bond motifs is 4. The summed E-state index contributed by atoms with van der Waals surface area (Å²) in [4.78, 5) is 39.3. The van der Waals surface area contributed by atoms with Crippen LogP contribution in [0.3, 0.4) is 0 Å². The van der Waals surface area contributed by atoms with Gasteiger partial charge in [0, 0.05) is 72.3 Å². The molecule has 3 unspecified atom stereocenters. The van der Waals surface area contributed by atoms with Gasteiger partial charge in [-0.15, -0.1) is 0 Å². The summed E-state index contributed by atoms with van der Waals surface area (Å²) >= 11 is 0. The first kappa shape index (κ1) is 77.0. The summed E-state index contributed by atoms with van der Waals surface area (Å²) in [6.07, 6.45) is 10.9. The van der Waals surface area contributed by atoms with Gasteiger partial charge >= 0.3 is 31.1 Å². The topological polar surface area (TPSA) is 122 Å². The van der Waals surface area contributed by atoms with Crippen molar-refractivity contribution < 1.29 is 71.0 Å². The van der Waals surface area contributed by atoms with E-state index in [-0.39, 0.29) is 112 Å². The van der Waals surface area contributed by atoms with Gasteiger partial charge in [-0.1, -0.05) is 100 Å². The van der Waals surface area contributed by atoms with Crippen LogP contribution in [-0.2, 0) is 30.1 Å². The first-order valence-corrected chi connectivity index (χ1v) is 32.1. The zero-order valence-electron chi connectivity index (χ0n) is 55.0. The second-order valence-electron chi connectivity index (χ2n) is 24.9. The molecule has 10 rings (SSSR count). The maximum Gasteiger partial charge on any atom is 2.00 e. The number of aromatic nitrogens is 5. The van der Waals surface area contributed by atoms with E-state index in [1.807, 2.05) is 73.7 Å². The second kappa shape index (κ2) is 34.5. The summed E-state index contributed by atoms with van der Waals surface area (Å²) in [6.45, 7) is 28.4. The molecule has 4 fully saturated rings. The molecule has 0 amide bonds. The minimum Gasteiger partial charge on any atom is -0.383 e. The van der Waals surface area contributed by atoms with E-state index in [2.05, 4.69) is 43.0 Å². The van der Waals surface area contributed by atoms with Gasteiger partial charge in [0.05, 0.1) is 17.9 Å². The molecular formula is C69H98BF8N8O2U. The zero-order chi connectivity index (χ0) is 64.1. The Balaban J connectivity index is 0.000000449. The van der Waals surface area contributed by atoms with Gasteiger partial charge in [-0.2, -0.15) is 20.3 Å². The number of Topliss-reactive ketones (excluding diaryl/α,β-unsaturated/α-hetero) is 1. The Hall–Kier alpha value is -4.40. The average Bonchev–Trinajstić information content (AvgIpc) is 1.52. The largest absolute Gasteiger partial charge is 2.00 e. The van der Waals surface area contributed by atoms with E-state index in [0.717, 1.165) is 72.8 Å². The molecule has 4 heterocycles. The monoisotopic (exact) mass is 1470 g/mol. The first-order valence-electron chi connectivity index (χ1n) is 32.1. The van der Waals surface area contributed by atoms with Crippen LogP contribution in [-0.4, -0.2) is 80.1 Å². The number of ketones is 1. The van der Waals surface area contributed by atoms with Crippen molar-refractivity contribution in [2.75, 3.05) is 31.5 Å². The SMILES string of the molecule is CC.CC(=O)Cn1nc(C(F)F)c2c1C(F)(F)C1CC21.CCCC(=N)c1c(CCC)ccc(-n2c(C(Cc3cc(F)cc(F)c3)C(C)C)nc3nc(C4CCC(F)(F)CC4)cc(NCCN4CCC5(CC4)CC5)c3c2=O)c1C.C[B]C.[CH2-]CCCCC.[CH3-].[U+2]. The number of anilines is 1. The molecule has 5 aliphatic rings. The summed E-state index contributed by atoms with van der Waals surface area (Å²) in [5.74, 6) is -9.42. The molecular weight excluding hydrogens is 1370 g/mol. The molecule has 10 nitrogen and oxygen atoms in total. The maximum absolute atomic E-state index is 15.5. The number of likely N-dealkylation sites (tertiary alicyclic amines) is 1. The van der Waals surface area contributed by atoms with E-state index in [9.17, 15) is 39.9 Å². The van der Waals surface area contributed by atoms with Gasteiger partial charge in [0.2, 0.25) is 5.92 Å². The fraction of sp³-hybridized carbons (Fsp3) is 0.623. The minimum absolute atomic E-state index is 0. The number of hydrogen-bond acceptors (Lipinski definition) is 8. The van der Waals surface area contributed by atoms with E-state index in [1.165, 1.54) is 64.0 Å². The van der Waals surface area contributed by atoms with E-state index in [0.29, 0.717) is 57.9 Å².